The van der Waals surface area contributed by atoms with Gasteiger partial charge in [0.2, 0.25) is 0 Å². The first-order valence-electron chi connectivity index (χ1n) is 27.5. The van der Waals surface area contributed by atoms with E-state index in [2.05, 4.69) is 31.0 Å². The van der Waals surface area contributed by atoms with Crippen molar-refractivity contribution in [1.29, 1.82) is 0 Å². The van der Waals surface area contributed by atoms with E-state index in [-0.39, 0.29) is 55.1 Å². The quantitative estimate of drug-likeness (QED) is 0.0586. The number of nitrogens with one attached hydrogen (secondary N) is 1. The van der Waals surface area contributed by atoms with Crippen LogP contribution >= 0.6 is 0 Å². The summed E-state index contributed by atoms with van der Waals surface area (Å²) >= 11 is 0. The maximum atomic E-state index is 14.8. The van der Waals surface area contributed by atoms with Crippen LogP contribution < -0.4 is 5.32 Å². The third kappa shape index (κ3) is 6.46. The molecule has 372 valence electrons. The molecular formula is C58H81NO9. The molecule has 10 aliphatic carbocycles. The van der Waals surface area contributed by atoms with Crippen molar-refractivity contribution >= 4 is 12.3 Å². The van der Waals surface area contributed by atoms with Crippen molar-refractivity contribution in [2.45, 2.75) is 203 Å². The summed E-state index contributed by atoms with van der Waals surface area (Å²) < 4.78 is 6.39. The molecule has 68 heavy (non-hydrogen) atoms. The largest absolute Gasteiger partial charge is 0.454 e. The topological polar surface area (TPSA) is 177 Å². The molecule has 18 atom stereocenters. The molecule has 10 heteroatoms. The Labute approximate surface area is 404 Å². The second-order valence-corrected chi connectivity index (χ2v) is 25.0. The minimum atomic E-state index is -2.21. The average Bonchev–Trinajstić information content (AvgIpc) is 4.14. The van der Waals surface area contributed by atoms with Crippen LogP contribution in [0.5, 0.6) is 0 Å². The van der Waals surface area contributed by atoms with E-state index in [0.29, 0.717) is 63.2 Å². The van der Waals surface area contributed by atoms with E-state index in [4.69, 9.17) is 4.74 Å². The second kappa shape index (κ2) is 17.3. The molecule has 11 aliphatic rings. The van der Waals surface area contributed by atoms with E-state index >= 15 is 0 Å². The maximum absolute atomic E-state index is 14.8. The van der Waals surface area contributed by atoms with Crippen LogP contribution in [-0.2, 0) is 27.4 Å². The third-order valence-corrected chi connectivity index (χ3v) is 22.6. The lowest BCUT2D eigenvalue weighted by Gasteiger charge is -2.74. The number of aliphatic hydroxyl groups excluding tert-OH is 3. The zero-order valence-corrected chi connectivity index (χ0v) is 41.1. The molecule has 8 saturated carbocycles. The normalized spacial score (nSPS) is 47.1. The van der Waals surface area contributed by atoms with Crippen molar-refractivity contribution < 1.29 is 45.0 Å². The molecule has 18 unspecified atom stereocenters. The van der Waals surface area contributed by atoms with Crippen molar-refractivity contribution in [2.24, 2.45) is 75.4 Å². The average molecular weight is 936 g/mol. The molecule has 4 bridgehead atoms. The number of ether oxygens (including phenoxy) is 1. The molecule has 10 nitrogen and oxygen atoms in total. The number of carbonyl (C=O) groups is 2. The molecule has 0 saturated heterocycles. The van der Waals surface area contributed by atoms with Crippen LogP contribution in [0.1, 0.15) is 165 Å². The molecule has 0 amide bonds. The summed E-state index contributed by atoms with van der Waals surface area (Å²) in [6, 6.07) is 5.77. The van der Waals surface area contributed by atoms with Crippen LogP contribution in [0.15, 0.2) is 29.8 Å². The zero-order chi connectivity index (χ0) is 47.6. The summed E-state index contributed by atoms with van der Waals surface area (Å²) in [7, 11) is 1.93. The van der Waals surface area contributed by atoms with Crippen molar-refractivity contribution in [1.82, 2.24) is 5.32 Å². The van der Waals surface area contributed by atoms with Gasteiger partial charge in [-0.2, -0.15) is 0 Å². The van der Waals surface area contributed by atoms with E-state index in [1.807, 2.05) is 25.2 Å². The minimum absolute atomic E-state index is 0.0976. The molecular weight excluding hydrogens is 855 g/mol. The molecule has 1 aromatic carbocycles. The summed E-state index contributed by atoms with van der Waals surface area (Å²) in [4.78, 5) is 28.6. The molecule has 2 spiro atoms. The van der Waals surface area contributed by atoms with Crippen LogP contribution in [0, 0.1) is 87.3 Å². The number of hydrogen-bond donors (Lipinski definition) is 7. The number of hydrogen-bond acceptors (Lipinski definition) is 10. The van der Waals surface area contributed by atoms with Crippen molar-refractivity contribution in [2.75, 3.05) is 7.05 Å². The molecule has 0 aromatic heterocycles. The molecule has 8 fully saturated rings. The predicted molar refractivity (Wildman–Crippen MR) is 257 cm³/mol. The molecule has 12 rings (SSSR count). The number of esters is 1. The fraction of sp³-hybridized carbons (Fsp3) is 0.793. The van der Waals surface area contributed by atoms with Crippen LogP contribution in [0.3, 0.4) is 0 Å². The van der Waals surface area contributed by atoms with Gasteiger partial charge in [-0.3, -0.25) is 0 Å². The Hall–Kier alpha value is -2.62. The van der Waals surface area contributed by atoms with Crippen molar-refractivity contribution in [3.05, 3.63) is 46.5 Å². The van der Waals surface area contributed by atoms with E-state index < -0.39 is 75.1 Å². The number of benzene rings is 1. The SMILES string of the molecule is CCCCCC1CC2(C=O)C3CCC45CC6(C#Cc7cccc(CO)c7CC(NC)C7CC(CC4(O)C3(O)C(O)C3CC(C(C)C4CCCC4)CCC(C1O)C32O)C5C1=CC(=O)OC17)CCCC6. The molecule has 0 radical (unpaired) electrons. The van der Waals surface area contributed by atoms with Crippen LogP contribution in [0.25, 0.3) is 0 Å². The Morgan fingerprint density at radius 2 is 1.71 bits per heavy atom. The Morgan fingerprint density at radius 3 is 2.43 bits per heavy atom. The van der Waals surface area contributed by atoms with Gasteiger partial charge in [0.1, 0.15) is 23.6 Å². The first-order chi connectivity index (χ1) is 32.7. The van der Waals surface area contributed by atoms with E-state index in [9.17, 15) is 40.2 Å². The highest BCUT2D eigenvalue weighted by atomic mass is 16.5. The van der Waals surface area contributed by atoms with Crippen LogP contribution in [0.4, 0.5) is 0 Å². The lowest BCUT2D eigenvalue weighted by molar-refractivity contribution is -0.380. The van der Waals surface area contributed by atoms with Gasteiger partial charge < -0.3 is 45.5 Å². The van der Waals surface area contributed by atoms with Crippen molar-refractivity contribution in [3.8, 4) is 11.8 Å². The minimum Gasteiger partial charge on any atom is -0.454 e. The molecule has 1 heterocycles. The summed E-state index contributed by atoms with van der Waals surface area (Å²) in [6.07, 6.45) is 15.8. The van der Waals surface area contributed by atoms with Gasteiger partial charge in [-0.25, -0.2) is 4.79 Å². The highest BCUT2D eigenvalue weighted by molar-refractivity contribution is 5.86. The van der Waals surface area contributed by atoms with E-state index in [1.54, 1.807) is 6.08 Å². The Balaban J connectivity index is 1.12. The predicted octanol–water partition coefficient (Wildman–Crippen LogP) is 7.10. The van der Waals surface area contributed by atoms with Gasteiger partial charge >= 0.3 is 5.97 Å². The standard InChI is InChI=1S/C58H81NO9/c1-4-5-6-14-38-29-55(33-61)47-20-24-54-32-53(21-9-10-22-53)23-19-36-15-11-16-39(31-60)41(36)27-46(59-3)42-25-40(49(54)43-28-48(62)68-51(42)43)30-56(54,65)58(47,67)52(64)45-26-37(34(2)35-12-7-8-13-35)17-18-44(50(38)63)57(45,55)66/h11,15-16,28,33-35,37-38,40,42,44-47,49-52,59-60,63-67H,4-10,12-14,17-18,20-22,24-27,29-32H2,1-3H3. The third-order valence-electron chi connectivity index (χ3n) is 22.6. The summed E-state index contributed by atoms with van der Waals surface area (Å²) in [5, 5.41) is 84.2. The van der Waals surface area contributed by atoms with Gasteiger partial charge in [0.25, 0.3) is 0 Å². The zero-order valence-electron chi connectivity index (χ0n) is 41.1. The number of carbonyl (C=O) groups excluding carboxylic acids is 2. The lowest BCUT2D eigenvalue weighted by Crippen LogP contribution is -2.86. The lowest BCUT2D eigenvalue weighted by atomic mass is 9.34. The monoisotopic (exact) mass is 936 g/mol. The summed E-state index contributed by atoms with van der Waals surface area (Å²) in [6.45, 7) is 4.36. The Morgan fingerprint density at radius 1 is 0.926 bits per heavy atom. The van der Waals surface area contributed by atoms with Gasteiger partial charge in [-0.1, -0.05) is 95.6 Å². The first kappa shape index (κ1) is 47.7. The maximum Gasteiger partial charge on any atom is 0.331 e. The van der Waals surface area contributed by atoms with Gasteiger partial charge in [-0.15, -0.1) is 0 Å². The Kier molecular flexibility index (Phi) is 12.1. The summed E-state index contributed by atoms with van der Waals surface area (Å²) in [5.74, 6) is 4.42. The molecule has 1 aliphatic heterocycles. The summed E-state index contributed by atoms with van der Waals surface area (Å²) in [5.41, 5.74) is -5.56. The second-order valence-electron chi connectivity index (χ2n) is 25.0. The fourth-order valence-electron chi connectivity index (χ4n) is 19.7. The molecule has 1 aromatic rings. The number of likely N-dealkylation sites (N-methyl/N-ethyl adjacent to an activating group) is 1. The van der Waals surface area contributed by atoms with Crippen LogP contribution in [-0.4, -0.2) is 91.1 Å². The number of aliphatic hydroxyl groups is 6. The highest BCUT2D eigenvalue weighted by Crippen LogP contribution is 2.79. The highest BCUT2D eigenvalue weighted by Gasteiger charge is 2.86. The van der Waals surface area contributed by atoms with Crippen molar-refractivity contribution in [3.63, 3.8) is 0 Å². The van der Waals surface area contributed by atoms with Gasteiger partial charge in [0.05, 0.1) is 29.8 Å². The van der Waals surface area contributed by atoms with Crippen LogP contribution in [0.2, 0.25) is 0 Å². The number of aldehydes is 1. The van der Waals surface area contributed by atoms with Gasteiger partial charge in [0.15, 0.2) is 0 Å². The van der Waals surface area contributed by atoms with E-state index in [1.165, 1.54) is 12.8 Å². The van der Waals surface area contributed by atoms with Gasteiger partial charge in [-0.05, 0) is 149 Å². The fourth-order valence-corrected chi connectivity index (χ4v) is 19.7. The van der Waals surface area contributed by atoms with E-state index in [0.717, 1.165) is 92.8 Å². The smallest absolute Gasteiger partial charge is 0.331 e. The number of unbranched alkanes of at least 4 members (excludes halogenated alkanes) is 2. The number of fused-ring (bicyclic) bond motifs is 4. The number of rotatable bonds is 9. The molecule has 7 N–H and O–H groups in total. The Bertz CT molecular complexity index is 2220. The first-order valence-corrected chi connectivity index (χ1v) is 27.5. The van der Waals surface area contributed by atoms with Gasteiger partial charge in [0, 0.05) is 52.2 Å².